The van der Waals surface area contributed by atoms with Gasteiger partial charge >= 0.3 is 0 Å². The van der Waals surface area contributed by atoms with Crippen molar-refractivity contribution < 1.29 is 9.90 Å². The van der Waals surface area contributed by atoms with Crippen LogP contribution in [0.2, 0.25) is 0 Å². The van der Waals surface area contributed by atoms with Crippen LogP contribution in [0, 0.1) is 5.92 Å². The minimum atomic E-state index is -0.0494. The third-order valence-corrected chi connectivity index (χ3v) is 4.08. The highest BCUT2D eigenvalue weighted by Gasteiger charge is 2.26. The fraction of sp³-hybridized carbons (Fsp3) is 0.562. The molecule has 1 aromatic rings. The van der Waals surface area contributed by atoms with Crippen molar-refractivity contribution in [2.45, 2.75) is 19.8 Å². The van der Waals surface area contributed by atoms with Gasteiger partial charge in [0.1, 0.15) is 5.75 Å². The average Bonchev–Trinajstić information content (AvgIpc) is 2.52. The first-order valence-electron chi connectivity index (χ1n) is 7.69. The van der Waals surface area contributed by atoms with Crippen molar-refractivity contribution in [2.75, 3.05) is 37.6 Å². The summed E-state index contributed by atoms with van der Waals surface area (Å²) in [6.45, 7) is 5.36. The molecule has 1 fully saturated rings. The number of carbonyl (C=O) groups is 1. The summed E-state index contributed by atoms with van der Waals surface area (Å²) in [5, 5.41) is 9.90. The van der Waals surface area contributed by atoms with Crippen molar-refractivity contribution in [2.24, 2.45) is 11.7 Å². The second-order valence-electron chi connectivity index (χ2n) is 5.52. The van der Waals surface area contributed by atoms with E-state index in [1.807, 2.05) is 23.1 Å². The van der Waals surface area contributed by atoms with E-state index in [4.69, 9.17) is 5.73 Å². The lowest BCUT2D eigenvalue weighted by Gasteiger charge is -2.37. The van der Waals surface area contributed by atoms with E-state index in [1.54, 1.807) is 6.07 Å². The van der Waals surface area contributed by atoms with Crippen LogP contribution in [0.3, 0.4) is 0 Å². The van der Waals surface area contributed by atoms with Gasteiger partial charge in [-0.1, -0.05) is 25.5 Å². The van der Waals surface area contributed by atoms with E-state index < -0.39 is 0 Å². The maximum atomic E-state index is 12.4. The molecule has 1 unspecified atom stereocenters. The summed E-state index contributed by atoms with van der Waals surface area (Å²) in [6.07, 6.45) is 1.83. The van der Waals surface area contributed by atoms with E-state index in [-0.39, 0.29) is 11.8 Å². The van der Waals surface area contributed by atoms with Gasteiger partial charge in [-0.25, -0.2) is 0 Å². The van der Waals surface area contributed by atoms with Gasteiger partial charge in [0, 0.05) is 32.7 Å². The normalized spacial score (nSPS) is 16.9. The Labute approximate surface area is 126 Å². The number of para-hydroxylation sites is 2. The molecule has 2 rings (SSSR count). The quantitative estimate of drug-likeness (QED) is 0.861. The van der Waals surface area contributed by atoms with Crippen LogP contribution in [0.1, 0.15) is 19.8 Å². The average molecular weight is 291 g/mol. The molecule has 1 atom stereocenters. The first-order chi connectivity index (χ1) is 10.2. The molecule has 1 amide bonds. The Hall–Kier alpha value is -1.75. The maximum Gasteiger partial charge on any atom is 0.227 e. The van der Waals surface area contributed by atoms with Gasteiger partial charge in [0.05, 0.1) is 11.6 Å². The summed E-state index contributed by atoms with van der Waals surface area (Å²) < 4.78 is 0. The molecule has 1 heterocycles. The van der Waals surface area contributed by atoms with Crippen LogP contribution < -0.4 is 10.6 Å². The van der Waals surface area contributed by atoms with Gasteiger partial charge in [0.2, 0.25) is 5.91 Å². The van der Waals surface area contributed by atoms with Crippen LogP contribution in [0.5, 0.6) is 5.75 Å². The highest BCUT2D eigenvalue weighted by atomic mass is 16.3. The van der Waals surface area contributed by atoms with Crippen molar-refractivity contribution in [3.8, 4) is 5.75 Å². The molecule has 1 saturated heterocycles. The number of nitrogens with zero attached hydrogens (tertiary/aromatic N) is 2. The van der Waals surface area contributed by atoms with Crippen LogP contribution in [-0.4, -0.2) is 48.6 Å². The number of nitrogens with two attached hydrogens (primary N) is 1. The Kier molecular flexibility index (Phi) is 5.44. The first kappa shape index (κ1) is 15.6. The highest BCUT2D eigenvalue weighted by Crippen LogP contribution is 2.27. The molecule has 0 aliphatic carbocycles. The Morgan fingerprint density at radius 3 is 2.52 bits per heavy atom. The molecule has 0 saturated carbocycles. The molecule has 3 N–H and O–H groups in total. The lowest BCUT2D eigenvalue weighted by molar-refractivity contribution is -0.135. The van der Waals surface area contributed by atoms with Gasteiger partial charge < -0.3 is 20.6 Å². The largest absolute Gasteiger partial charge is 0.506 e. The Morgan fingerprint density at radius 1 is 1.29 bits per heavy atom. The smallest absolute Gasteiger partial charge is 0.227 e. The number of hydrogen-bond acceptors (Lipinski definition) is 4. The number of rotatable bonds is 5. The Morgan fingerprint density at radius 2 is 1.95 bits per heavy atom. The number of amides is 1. The van der Waals surface area contributed by atoms with Crippen LogP contribution >= 0.6 is 0 Å². The molecule has 1 aromatic carbocycles. The van der Waals surface area contributed by atoms with Crippen molar-refractivity contribution in [1.29, 1.82) is 0 Å². The van der Waals surface area contributed by atoms with Crippen molar-refractivity contribution in [1.82, 2.24) is 4.90 Å². The molecule has 116 valence electrons. The zero-order chi connectivity index (χ0) is 15.2. The first-order valence-corrected chi connectivity index (χ1v) is 7.69. The predicted molar refractivity (Wildman–Crippen MR) is 84.4 cm³/mol. The van der Waals surface area contributed by atoms with E-state index in [1.165, 1.54) is 0 Å². The Balaban J connectivity index is 1.94. The minimum absolute atomic E-state index is 0.0494. The summed E-state index contributed by atoms with van der Waals surface area (Å²) in [7, 11) is 0. The van der Waals surface area contributed by atoms with Crippen LogP contribution in [0.4, 0.5) is 5.69 Å². The molecule has 0 aromatic heterocycles. The molecule has 5 nitrogen and oxygen atoms in total. The van der Waals surface area contributed by atoms with Crippen molar-refractivity contribution in [3.63, 3.8) is 0 Å². The molecule has 5 heteroatoms. The fourth-order valence-electron chi connectivity index (χ4n) is 2.85. The molecule has 0 spiro atoms. The lowest BCUT2D eigenvalue weighted by atomic mass is 10.0. The molecule has 1 aliphatic rings. The predicted octanol–water partition coefficient (Wildman–Crippen LogP) is 1.42. The van der Waals surface area contributed by atoms with Crippen LogP contribution in [-0.2, 0) is 4.79 Å². The third-order valence-electron chi connectivity index (χ3n) is 4.08. The number of phenols is 1. The number of phenolic OH excluding ortho intramolecular Hbond substituents is 1. The van der Waals surface area contributed by atoms with E-state index in [9.17, 15) is 9.90 Å². The van der Waals surface area contributed by atoms with E-state index >= 15 is 0 Å². The molecular formula is C16H25N3O2. The summed E-state index contributed by atoms with van der Waals surface area (Å²) in [6, 6.07) is 7.33. The second kappa shape index (κ2) is 7.31. The monoisotopic (exact) mass is 291 g/mol. The summed E-state index contributed by atoms with van der Waals surface area (Å²) in [5.41, 5.74) is 6.55. The molecule has 0 bridgehead atoms. The van der Waals surface area contributed by atoms with Crippen LogP contribution in [0.15, 0.2) is 24.3 Å². The number of carbonyl (C=O) groups excluding carboxylic acids is 1. The van der Waals surface area contributed by atoms with Gasteiger partial charge in [-0.3, -0.25) is 4.79 Å². The topological polar surface area (TPSA) is 69.8 Å². The minimum Gasteiger partial charge on any atom is -0.506 e. The van der Waals surface area contributed by atoms with E-state index in [0.29, 0.717) is 25.4 Å². The number of aromatic hydroxyl groups is 1. The maximum absolute atomic E-state index is 12.4. The van der Waals surface area contributed by atoms with E-state index in [2.05, 4.69) is 11.8 Å². The fourth-order valence-corrected chi connectivity index (χ4v) is 2.85. The van der Waals surface area contributed by atoms with Gasteiger partial charge in [0.15, 0.2) is 0 Å². The number of anilines is 1. The van der Waals surface area contributed by atoms with E-state index in [0.717, 1.165) is 31.6 Å². The summed E-state index contributed by atoms with van der Waals surface area (Å²) in [5.74, 6) is 0.422. The summed E-state index contributed by atoms with van der Waals surface area (Å²) >= 11 is 0. The Bertz CT molecular complexity index is 470. The lowest BCUT2D eigenvalue weighted by Crippen LogP contribution is -2.51. The molecule has 1 aliphatic heterocycles. The SMILES string of the molecule is CCCC(CN)C(=O)N1CCN(c2ccccc2O)CC1. The molecular weight excluding hydrogens is 266 g/mol. The number of hydrogen-bond donors (Lipinski definition) is 2. The van der Waals surface area contributed by atoms with Crippen LogP contribution in [0.25, 0.3) is 0 Å². The number of piperazine rings is 1. The van der Waals surface area contributed by atoms with Gasteiger partial charge in [0.25, 0.3) is 0 Å². The number of benzene rings is 1. The standard InChI is InChI=1S/C16H25N3O2/c1-2-5-13(12-17)16(21)19-10-8-18(9-11-19)14-6-3-4-7-15(14)20/h3-4,6-7,13,20H,2,5,8-12,17H2,1H3. The zero-order valence-electron chi connectivity index (χ0n) is 12.7. The van der Waals surface area contributed by atoms with Gasteiger partial charge in [-0.05, 0) is 18.6 Å². The van der Waals surface area contributed by atoms with Gasteiger partial charge in [-0.2, -0.15) is 0 Å². The van der Waals surface area contributed by atoms with Gasteiger partial charge in [-0.15, -0.1) is 0 Å². The third kappa shape index (κ3) is 3.67. The second-order valence-corrected chi connectivity index (χ2v) is 5.52. The summed E-state index contributed by atoms with van der Waals surface area (Å²) in [4.78, 5) is 16.4. The highest BCUT2D eigenvalue weighted by molar-refractivity contribution is 5.79. The van der Waals surface area contributed by atoms with Crippen molar-refractivity contribution >= 4 is 11.6 Å². The van der Waals surface area contributed by atoms with Crippen molar-refractivity contribution in [3.05, 3.63) is 24.3 Å². The zero-order valence-corrected chi connectivity index (χ0v) is 12.7. The molecule has 21 heavy (non-hydrogen) atoms. The molecule has 0 radical (unpaired) electrons.